The first-order chi connectivity index (χ1) is 9.42. The van der Waals surface area contributed by atoms with E-state index in [0.29, 0.717) is 11.3 Å². The molecule has 5 nitrogen and oxygen atoms in total. The summed E-state index contributed by atoms with van der Waals surface area (Å²) in [5.41, 5.74) is -0.175. The van der Waals surface area contributed by atoms with E-state index in [1.165, 1.54) is 12.3 Å². The van der Waals surface area contributed by atoms with Crippen molar-refractivity contribution in [3.63, 3.8) is 0 Å². The maximum Gasteiger partial charge on any atom is 0.435 e. The van der Waals surface area contributed by atoms with Crippen LogP contribution in [-0.2, 0) is 11.0 Å². The van der Waals surface area contributed by atoms with Crippen molar-refractivity contribution >= 4 is 6.47 Å². The molecule has 1 aromatic heterocycles. The van der Waals surface area contributed by atoms with Gasteiger partial charge in [0.15, 0.2) is 5.69 Å². The van der Waals surface area contributed by atoms with Crippen LogP contribution in [0.25, 0.3) is 5.69 Å². The number of benzene rings is 1. The molecule has 0 spiro atoms. The summed E-state index contributed by atoms with van der Waals surface area (Å²) in [5, 5.41) is 19.0. The molecule has 0 saturated carbocycles. The number of carboxylic acid groups (broad SMARTS) is 1. The van der Waals surface area contributed by atoms with Gasteiger partial charge in [-0.1, -0.05) is 6.07 Å². The number of hydrogen-bond acceptors (Lipinski definition) is 3. The molecule has 1 N–H and O–H groups in total. The lowest BCUT2D eigenvalue weighted by molar-refractivity contribution is -0.141. The molecule has 2 rings (SSSR count). The molecule has 104 valence electrons. The number of aromatic nitrogens is 2. The van der Waals surface area contributed by atoms with E-state index in [4.69, 9.17) is 15.2 Å². The predicted molar refractivity (Wildman–Crippen MR) is 62.0 cm³/mol. The van der Waals surface area contributed by atoms with Gasteiger partial charge in [0, 0.05) is 6.20 Å². The van der Waals surface area contributed by atoms with Crippen molar-refractivity contribution in [3.05, 3.63) is 47.8 Å². The highest BCUT2D eigenvalue weighted by molar-refractivity contribution is 5.40. The molecule has 0 unspecified atom stereocenters. The van der Waals surface area contributed by atoms with E-state index in [0.717, 1.165) is 10.7 Å². The van der Waals surface area contributed by atoms with Gasteiger partial charge in [0.05, 0.1) is 17.3 Å². The molecular weight excluding hydrogens is 275 g/mol. The minimum Gasteiger partial charge on any atom is -0.483 e. The quantitative estimate of drug-likeness (QED) is 0.815. The Balaban J connectivity index is 0.000000612. The third-order valence-electron chi connectivity index (χ3n) is 2.12. The van der Waals surface area contributed by atoms with Crippen LogP contribution in [0.1, 0.15) is 11.3 Å². The summed E-state index contributed by atoms with van der Waals surface area (Å²) in [7, 11) is 0. The lowest BCUT2D eigenvalue weighted by Gasteiger charge is -2.03. The fourth-order valence-electron chi connectivity index (χ4n) is 1.34. The molecule has 0 aliphatic carbocycles. The van der Waals surface area contributed by atoms with Crippen LogP contribution in [0.5, 0.6) is 0 Å². The highest BCUT2D eigenvalue weighted by Crippen LogP contribution is 2.27. The van der Waals surface area contributed by atoms with Gasteiger partial charge < -0.3 is 5.11 Å². The number of halogens is 3. The van der Waals surface area contributed by atoms with E-state index < -0.39 is 11.9 Å². The summed E-state index contributed by atoms with van der Waals surface area (Å²) in [6.45, 7) is -0.250. The Morgan fingerprint density at radius 1 is 1.35 bits per heavy atom. The van der Waals surface area contributed by atoms with Gasteiger partial charge in [0.25, 0.3) is 6.47 Å². The Labute approximate surface area is 111 Å². The number of alkyl halides is 3. The van der Waals surface area contributed by atoms with Crippen LogP contribution in [0.4, 0.5) is 13.2 Å². The maximum atomic E-state index is 12.3. The van der Waals surface area contributed by atoms with Crippen molar-refractivity contribution in [2.24, 2.45) is 0 Å². The second-order valence-electron chi connectivity index (χ2n) is 3.41. The monoisotopic (exact) mass is 283 g/mol. The summed E-state index contributed by atoms with van der Waals surface area (Å²) < 4.78 is 38.1. The van der Waals surface area contributed by atoms with E-state index in [1.54, 1.807) is 18.2 Å². The minimum atomic E-state index is -4.46. The molecule has 0 bridgehead atoms. The van der Waals surface area contributed by atoms with Gasteiger partial charge in [0.2, 0.25) is 0 Å². The Morgan fingerprint density at radius 2 is 2.00 bits per heavy atom. The number of carbonyl (C=O) groups is 1. The summed E-state index contributed by atoms with van der Waals surface area (Å²) in [5.74, 6) is 0. The molecule has 8 heteroatoms. The molecule has 1 heterocycles. The van der Waals surface area contributed by atoms with Gasteiger partial charge in [-0.3, -0.25) is 4.79 Å². The normalized spacial score (nSPS) is 10.1. The second-order valence-corrected chi connectivity index (χ2v) is 3.41. The first-order valence-electron chi connectivity index (χ1n) is 5.13. The van der Waals surface area contributed by atoms with Crippen molar-refractivity contribution in [1.82, 2.24) is 9.78 Å². The second kappa shape index (κ2) is 6.38. The van der Waals surface area contributed by atoms with Crippen molar-refractivity contribution in [1.29, 1.82) is 5.26 Å². The molecule has 20 heavy (non-hydrogen) atoms. The Bertz CT molecular complexity index is 629. The SMILES string of the molecule is N#Cc1cccc(-n2ccc(C(F)(F)F)n2)c1.O=CO. The first kappa shape index (κ1) is 15.2. The van der Waals surface area contributed by atoms with Crippen LogP contribution in [0.15, 0.2) is 36.5 Å². The summed E-state index contributed by atoms with van der Waals surface area (Å²) in [6, 6.07) is 8.99. The molecule has 0 amide bonds. The number of hydrogen-bond donors (Lipinski definition) is 1. The number of nitrogens with zero attached hydrogens (tertiary/aromatic N) is 3. The van der Waals surface area contributed by atoms with Crippen LogP contribution >= 0.6 is 0 Å². The molecule has 0 saturated heterocycles. The molecule has 0 atom stereocenters. The zero-order chi connectivity index (χ0) is 15.2. The number of rotatable bonds is 1. The van der Waals surface area contributed by atoms with Gasteiger partial charge in [-0.15, -0.1) is 0 Å². The van der Waals surface area contributed by atoms with Crippen molar-refractivity contribution in [2.45, 2.75) is 6.18 Å². The first-order valence-corrected chi connectivity index (χ1v) is 5.13. The molecule has 0 radical (unpaired) electrons. The van der Waals surface area contributed by atoms with Crippen molar-refractivity contribution in [2.75, 3.05) is 0 Å². The standard InChI is InChI=1S/C11H6F3N3.CH2O2/c12-11(13,14)10-4-5-17(16-10)9-3-1-2-8(6-9)7-15;2-1-3/h1-6H;1H,(H,2,3). The zero-order valence-electron chi connectivity index (χ0n) is 9.87. The molecule has 2 aromatic rings. The predicted octanol–water partition coefficient (Wildman–Crippen LogP) is 2.46. The van der Waals surface area contributed by atoms with E-state index >= 15 is 0 Å². The summed E-state index contributed by atoms with van der Waals surface area (Å²) in [6.07, 6.45) is -3.25. The van der Waals surface area contributed by atoms with Gasteiger partial charge in [-0.25, -0.2) is 4.68 Å². The fourth-order valence-corrected chi connectivity index (χ4v) is 1.34. The topological polar surface area (TPSA) is 78.9 Å². The highest BCUT2D eigenvalue weighted by Gasteiger charge is 2.33. The van der Waals surface area contributed by atoms with Gasteiger partial charge in [-0.05, 0) is 24.3 Å². The van der Waals surface area contributed by atoms with E-state index in [1.807, 2.05) is 6.07 Å². The van der Waals surface area contributed by atoms with Crippen molar-refractivity contribution in [3.8, 4) is 11.8 Å². The molecule has 0 fully saturated rings. The summed E-state index contributed by atoms with van der Waals surface area (Å²) in [4.78, 5) is 8.36. The van der Waals surface area contributed by atoms with Crippen LogP contribution in [0.2, 0.25) is 0 Å². The van der Waals surface area contributed by atoms with Crippen LogP contribution in [-0.4, -0.2) is 21.4 Å². The summed E-state index contributed by atoms with van der Waals surface area (Å²) >= 11 is 0. The zero-order valence-corrected chi connectivity index (χ0v) is 9.87. The highest BCUT2D eigenvalue weighted by atomic mass is 19.4. The van der Waals surface area contributed by atoms with Crippen LogP contribution < -0.4 is 0 Å². The molecule has 0 aliphatic heterocycles. The van der Waals surface area contributed by atoms with Gasteiger partial charge >= 0.3 is 6.18 Å². The average molecular weight is 283 g/mol. The Morgan fingerprint density at radius 3 is 2.50 bits per heavy atom. The van der Waals surface area contributed by atoms with Gasteiger partial charge in [0.1, 0.15) is 0 Å². The largest absolute Gasteiger partial charge is 0.483 e. The molecule has 1 aromatic carbocycles. The average Bonchev–Trinajstić information content (AvgIpc) is 2.89. The maximum absolute atomic E-state index is 12.3. The Kier molecular flexibility index (Phi) is 4.86. The number of nitriles is 1. The molecular formula is C12H8F3N3O2. The third-order valence-corrected chi connectivity index (χ3v) is 2.12. The minimum absolute atomic E-state index is 0.250. The smallest absolute Gasteiger partial charge is 0.435 e. The van der Waals surface area contributed by atoms with E-state index in [2.05, 4.69) is 5.10 Å². The van der Waals surface area contributed by atoms with E-state index in [9.17, 15) is 13.2 Å². The lowest BCUT2D eigenvalue weighted by atomic mass is 10.2. The van der Waals surface area contributed by atoms with Crippen molar-refractivity contribution < 1.29 is 23.1 Å². The Hall–Kier alpha value is -2.82. The lowest BCUT2D eigenvalue weighted by Crippen LogP contribution is -2.07. The third kappa shape index (κ3) is 3.84. The molecule has 0 aliphatic rings. The van der Waals surface area contributed by atoms with Crippen LogP contribution in [0.3, 0.4) is 0 Å². The van der Waals surface area contributed by atoms with Crippen LogP contribution in [0, 0.1) is 11.3 Å². The fraction of sp³-hybridized carbons (Fsp3) is 0.0833. The van der Waals surface area contributed by atoms with E-state index in [-0.39, 0.29) is 6.47 Å². The van der Waals surface area contributed by atoms with Gasteiger partial charge in [-0.2, -0.15) is 23.5 Å².